The summed E-state index contributed by atoms with van der Waals surface area (Å²) >= 11 is 0. The summed E-state index contributed by atoms with van der Waals surface area (Å²) in [4.78, 5) is 37.5. The van der Waals surface area contributed by atoms with Crippen LogP contribution in [0.4, 0.5) is 0 Å². The van der Waals surface area contributed by atoms with E-state index >= 15 is 0 Å². The van der Waals surface area contributed by atoms with Crippen molar-refractivity contribution in [2.75, 3.05) is 13.2 Å². The summed E-state index contributed by atoms with van der Waals surface area (Å²) in [5, 5.41) is 0. The third-order valence-electron chi connectivity index (χ3n) is 10.6. The Kier molecular flexibility index (Phi) is 37.9. The van der Waals surface area contributed by atoms with Crippen molar-refractivity contribution >= 4 is 17.9 Å². The van der Waals surface area contributed by atoms with Gasteiger partial charge < -0.3 is 14.2 Å². The molecule has 1 unspecified atom stereocenters. The maximum absolute atomic E-state index is 12.7. The van der Waals surface area contributed by atoms with Crippen LogP contribution in [-0.4, -0.2) is 37.2 Å². The average Bonchev–Trinajstić information content (AvgIpc) is 3.12. The Balaban J connectivity index is 4.18. The van der Waals surface area contributed by atoms with Crippen molar-refractivity contribution in [2.24, 2.45) is 11.8 Å². The van der Waals surface area contributed by atoms with Crippen LogP contribution in [0, 0.1) is 11.8 Å². The summed E-state index contributed by atoms with van der Waals surface area (Å²) in [6.07, 6.45) is 36.8. The molecule has 6 heteroatoms. The van der Waals surface area contributed by atoms with Crippen molar-refractivity contribution in [3.05, 3.63) is 0 Å². The first-order valence-electron chi connectivity index (χ1n) is 22.8. The Labute approximate surface area is 323 Å². The molecule has 0 aromatic rings. The number of carbonyl (C=O) groups is 3. The maximum Gasteiger partial charge on any atom is 0.306 e. The highest BCUT2D eigenvalue weighted by Crippen LogP contribution is 2.17. The van der Waals surface area contributed by atoms with Gasteiger partial charge in [-0.2, -0.15) is 0 Å². The van der Waals surface area contributed by atoms with E-state index in [0.717, 1.165) is 76.0 Å². The minimum Gasteiger partial charge on any atom is -0.462 e. The summed E-state index contributed by atoms with van der Waals surface area (Å²) in [6, 6.07) is 0. The minimum absolute atomic E-state index is 0.0662. The Bertz CT molecular complexity index is 796. The third-order valence-corrected chi connectivity index (χ3v) is 10.6. The molecule has 0 heterocycles. The van der Waals surface area contributed by atoms with Gasteiger partial charge in [0, 0.05) is 19.3 Å². The molecule has 0 radical (unpaired) electrons. The monoisotopic (exact) mass is 737 g/mol. The minimum atomic E-state index is -0.759. The summed E-state index contributed by atoms with van der Waals surface area (Å²) in [5.41, 5.74) is 0. The lowest BCUT2D eigenvalue weighted by Crippen LogP contribution is -2.30. The quantitative estimate of drug-likeness (QED) is 0.0354. The largest absolute Gasteiger partial charge is 0.462 e. The van der Waals surface area contributed by atoms with Crippen LogP contribution in [0.1, 0.15) is 247 Å². The molecule has 0 saturated heterocycles. The van der Waals surface area contributed by atoms with Crippen molar-refractivity contribution < 1.29 is 28.6 Å². The summed E-state index contributed by atoms with van der Waals surface area (Å²) in [5.74, 6) is 0.820. The van der Waals surface area contributed by atoms with Gasteiger partial charge in [0.15, 0.2) is 6.10 Å². The molecule has 0 aliphatic heterocycles. The molecule has 52 heavy (non-hydrogen) atoms. The molecule has 0 amide bonds. The van der Waals surface area contributed by atoms with E-state index in [1.54, 1.807) is 0 Å². The zero-order valence-corrected chi connectivity index (χ0v) is 35.4. The molecule has 0 aromatic carbocycles. The molecule has 0 fully saturated rings. The van der Waals surface area contributed by atoms with E-state index in [0.29, 0.717) is 19.3 Å². The van der Waals surface area contributed by atoms with E-state index < -0.39 is 6.10 Å². The molecule has 0 N–H and O–H groups in total. The highest BCUT2D eigenvalue weighted by atomic mass is 16.6. The topological polar surface area (TPSA) is 78.9 Å². The number of rotatable bonds is 40. The van der Waals surface area contributed by atoms with Crippen LogP contribution >= 0.6 is 0 Å². The van der Waals surface area contributed by atoms with Gasteiger partial charge in [-0.3, -0.25) is 14.4 Å². The van der Waals surface area contributed by atoms with Gasteiger partial charge in [-0.15, -0.1) is 0 Å². The molecule has 0 aromatic heterocycles. The van der Waals surface area contributed by atoms with Gasteiger partial charge in [-0.1, -0.05) is 208 Å². The maximum atomic E-state index is 12.7. The fraction of sp³-hybridized carbons (Fsp3) is 0.935. The Morgan fingerprint density at radius 3 is 1.10 bits per heavy atom. The zero-order chi connectivity index (χ0) is 38.3. The second-order valence-corrected chi connectivity index (χ2v) is 16.4. The van der Waals surface area contributed by atoms with E-state index in [1.807, 2.05) is 0 Å². The van der Waals surface area contributed by atoms with Crippen molar-refractivity contribution in [1.82, 2.24) is 0 Å². The van der Waals surface area contributed by atoms with Crippen molar-refractivity contribution in [1.29, 1.82) is 0 Å². The van der Waals surface area contributed by atoms with E-state index in [-0.39, 0.29) is 31.1 Å². The molecule has 0 spiro atoms. The van der Waals surface area contributed by atoms with E-state index in [4.69, 9.17) is 14.2 Å². The first-order valence-corrected chi connectivity index (χ1v) is 22.8. The Morgan fingerprint density at radius 2 is 0.731 bits per heavy atom. The van der Waals surface area contributed by atoms with Crippen LogP contribution < -0.4 is 0 Å². The molecular formula is C46H88O6. The predicted molar refractivity (Wildman–Crippen MR) is 220 cm³/mol. The lowest BCUT2D eigenvalue weighted by atomic mass is 9.99. The van der Waals surface area contributed by atoms with Gasteiger partial charge in [-0.05, 0) is 31.1 Å². The number of hydrogen-bond acceptors (Lipinski definition) is 6. The van der Waals surface area contributed by atoms with Crippen LogP contribution in [0.3, 0.4) is 0 Å². The molecule has 2 atom stereocenters. The average molecular weight is 737 g/mol. The number of hydrogen-bond donors (Lipinski definition) is 0. The van der Waals surface area contributed by atoms with Gasteiger partial charge in [0.25, 0.3) is 0 Å². The zero-order valence-electron chi connectivity index (χ0n) is 35.4. The molecule has 0 bridgehead atoms. The van der Waals surface area contributed by atoms with E-state index in [2.05, 4.69) is 34.6 Å². The van der Waals surface area contributed by atoms with Crippen molar-refractivity contribution in [2.45, 2.75) is 253 Å². The number of unbranched alkanes of at least 4 members (excludes halogenated alkanes) is 24. The molecule has 308 valence electrons. The van der Waals surface area contributed by atoms with Crippen molar-refractivity contribution in [3.63, 3.8) is 0 Å². The van der Waals surface area contributed by atoms with Gasteiger partial charge >= 0.3 is 17.9 Å². The third kappa shape index (κ3) is 38.1. The van der Waals surface area contributed by atoms with Crippen LogP contribution in [0.2, 0.25) is 0 Å². The molecular weight excluding hydrogens is 649 g/mol. The van der Waals surface area contributed by atoms with Crippen LogP contribution in [0.25, 0.3) is 0 Å². The lowest BCUT2D eigenvalue weighted by Gasteiger charge is -2.18. The molecule has 6 nitrogen and oxygen atoms in total. The van der Waals surface area contributed by atoms with E-state index in [9.17, 15) is 14.4 Å². The lowest BCUT2D eigenvalue weighted by molar-refractivity contribution is -0.167. The smallest absolute Gasteiger partial charge is 0.306 e. The van der Waals surface area contributed by atoms with Crippen LogP contribution in [0.5, 0.6) is 0 Å². The highest BCUT2D eigenvalue weighted by molar-refractivity contribution is 5.71. The first kappa shape index (κ1) is 50.4. The first-order chi connectivity index (χ1) is 25.3. The number of carbonyl (C=O) groups excluding carboxylic acids is 3. The predicted octanol–water partition coefficient (Wildman–Crippen LogP) is 14.2. The van der Waals surface area contributed by atoms with Crippen LogP contribution in [0.15, 0.2) is 0 Å². The standard InChI is InChI=1S/C46H88O6/c1-6-8-9-24-31-36-44(47)50-39-43(40-51-45(48)37-32-27-22-19-18-21-26-30-35-42(5)7-2)52-46(49)38-33-28-23-17-15-13-11-10-12-14-16-20-25-29-34-41(3)4/h41-43H,6-40H2,1-5H3/t42?,43-/m1/s1. The molecule has 0 aliphatic rings. The fourth-order valence-corrected chi connectivity index (χ4v) is 6.72. The number of ether oxygens (including phenoxy) is 3. The second kappa shape index (κ2) is 39.1. The molecule has 0 rings (SSSR count). The van der Waals surface area contributed by atoms with E-state index in [1.165, 1.54) is 128 Å². The van der Waals surface area contributed by atoms with Gasteiger partial charge in [0.2, 0.25) is 0 Å². The molecule has 0 saturated carbocycles. The normalized spacial score (nSPS) is 12.6. The SMILES string of the molecule is CCCCCCCC(=O)OC[C@H](COC(=O)CCCCCCCCCCC(C)CC)OC(=O)CCCCCCCCCCCCCCCCC(C)C. The molecule has 0 aliphatic carbocycles. The number of esters is 3. The second-order valence-electron chi connectivity index (χ2n) is 16.4. The van der Waals surface area contributed by atoms with Crippen LogP contribution in [-0.2, 0) is 28.6 Å². The summed E-state index contributed by atoms with van der Waals surface area (Å²) < 4.78 is 16.6. The highest BCUT2D eigenvalue weighted by Gasteiger charge is 2.19. The van der Waals surface area contributed by atoms with Gasteiger partial charge in [-0.25, -0.2) is 0 Å². The van der Waals surface area contributed by atoms with Gasteiger partial charge in [0.1, 0.15) is 13.2 Å². The summed E-state index contributed by atoms with van der Waals surface area (Å²) in [6.45, 7) is 11.3. The fourth-order valence-electron chi connectivity index (χ4n) is 6.72. The van der Waals surface area contributed by atoms with Gasteiger partial charge in [0.05, 0.1) is 0 Å². The summed E-state index contributed by atoms with van der Waals surface area (Å²) in [7, 11) is 0. The Morgan fingerprint density at radius 1 is 0.404 bits per heavy atom. The van der Waals surface area contributed by atoms with Crippen molar-refractivity contribution in [3.8, 4) is 0 Å². The Hall–Kier alpha value is -1.59.